The molecule has 0 aliphatic rings. The Labute approximate surface area is 105 Å². The van der Waals surface area contributed by atoms with Crippen molar-refractivity contribution in [3.05, 3.63) is 47.8 Å². The molecule has 0 saturated carbocycles. The second-order valence-electron chi connectivity index (χ2n) is 3.82. The van der Waals surface area contributed by atoms with Gasteiger partial charge in [-0.1, -0.05) is 18.1 Å². The number of hydrogen-bond donors (Lipinski definition) is 2. The van der Waals surface area contributed by atoms with Crippen LogP contribution in [0.15, 0.2) is 35.9 Å². The van der Waals surface area contributed by atoms with E-state index in [1.165, 1.54) is 0 Å². The lowest BCUT2D eigenvalue weighted by Gasteiger charge is -2.09. The van der Waals surface area contributed by atoms with E-state index in [0.717, 1.165) is 17.8 Å². The van der Waals surface area contributed by atoms with Crippen molar-refractivity contribution in [2.24, 2.45) is 10.9 Å². The van der Waals surface area contributed by atoms with Gasteiger partial charge in [0.25, 0.3) is 0 Å². The fraction of sp³-hybridized carbons (Fsp3) is 0.250. The van der Waals surface area contributed by atoms with Crippen LogP contribution in [0.5, 0.6) is 0 Å². The van der Waals surface area contributed by atoms with Crippen LogP contribution in [0.3, 0.4) is 0 Å². The van der Waals surface area contributed by atoms with Crippen LogP contribution in [0, 0.1) is 0 Å². The van der Waals surface area contributed by atoms with Crippen LogP contribution in [0.1, 0.15) is 24.0 Å². The highest BCUT2D eigenvalue weighted by Gasteiger charge is 2.10. The van der Waals surface area contributed by atoms with Gasteiger partial charge in [0.1, 0.15) is 11.5 Å². The maximum Gasteiger partial charge on any atom is 0.189 e. The van der Waals surface area contributed by atoms with Crippen molar-refractivity contribution in [3.63, 3.8) is 0 Å². The molecule has 0 aliphatic heterocycles. The zero-order valence-electron chi connectivity index (χ0n) is 10.1. The summed E-state index contributed by atoms with van der Waals surface area (Å²) in [5.74, 6) is 1.01. The normalized spacial score (nSPS) is 11.7. The number of nitrogens with two attached hydrogens (primary N) is 1. The fourth-order valence-corrected chi connectivity index (χ4v) is 1.83. The number of hydrogen-bond acceptors (Lipinski definition) is 4. The molecule has 0 aliphatic carbocycles. The van der Waals surface area contributed by atoms with Gasteiger partial charge < -0.3 is 15.5 Å². The highest BCUT2D eigenvalue weighted by molar-refractivity contribution is 5.96. The minimum atomic E-state index is 0.0174. The number of amidine groups is 1. The van der Waals surface area contributed by atoms with E-state index >= 15 is 0 Å². The van der Waals surface area contributed by atoms with Crippen LogP contribution in [-0.4, -0.2) is 25.6 Å². The summed E-state index contributed by atoms with van der Waals surface area (Å²) in [6, 6.07) is 3.73. The first-order valence-corrected chi connectivity index (χ1v) is 5.68. The van der Waals surface area contributed by atoms with Gasteiger partial charge in [-0.15, -0.1) is 0 Å². The lowest BCUT2D eigenvalue weighted by atomic mass is 10.1. The van der Waals surface area contributed by atoms with Crippen LogP contribution < -0.4 is 5.73 Å². The Morgan fingerprint density at radius 2 is 2.28 bits per heavy atom. The molecule has 2 heterocycles. The lowest BCUT2D eigenvalue weighted by Crippen LogP contribution is -2.18. The molecule has 3 N–H and O–H groups in total. The smallest absolute Gasteiger partial charge is 0.189 e. The highest BCUT2D eigenvalue weighted by Crippen LogP contribution is 2.09. The van der Waals surface area contributed by atoms with Gasteiger partial charge in [-0.3, -0.25) is 4.98 Å². The minimum absolute atomic E-state index is 0.0174. The number of nitrogens with zero attached hydrogens (tertiary/aromatic N) is 4. The number of aryl methyl sites for hydroxylation is 1. The topological polar surface area (TPSA) is 89.3 Å². The maximum absolute atomic E-state index is 8.74. The van der Waals surface area contributed by atoms with E-state index in [2.05, 4.69) is 15.1 Å². The monoisotopic (exact) mass is 245 g/mol. The van der Waals surface area contributed by atoms with Gasteiger partial charge in [0.15, 0.2) is 5.84 Å². The zero-order chi connectivity index (χ0) is 13.0. The molecule has 2 aromatic heterocycles. The molecule has 6 heteroatoms. The molecule has 0 saturated heterocycles. The van der Waals surface area contributed by atoms with Gasteiger partial charge in [-0.2, -0.15) is 0 Å². The molecule has 6 nitrogen and oxygen atoms in total. The molecule has 0 atom stereocenters. The van der Waals surface area contributed by atoms with E-state index in [-0.39, 0.29) is 5.84 Å². The van der Waals surface area contributed by atoms with Crippen molar-refractivity contribution in [3.8, 4) is 0 Å². The fourth-order valence-electron chi connectivity index (χ4n) is 1.83. The van der Waals surface area contributed by atoms with Crippen molar-refractivity contribution >= 4 is 5.84 Å². The van der Waals surface area contributed by atoms with Gasteiger partial charge in [0, 0.05) is 30.6 Å². The number of imidazole rings is 1. The average Bonchev–Trinajstić information content (AvgIpc) is 2.86. The van der Waals surface area contributed by atoms with E-state index in [1.54, 1.807) is 12.4 Å². The van der Waals surface area contributed by atoms with Crippen LogP contribution >= 0.6 is 0 Å². The molecular weight excluding hydrogens is 230 g/mol. The predicted octanol–water partition coefficient (Wildman–Crippen LogP) is 0.983. The Bertz CT molecular complexity index is 561. The molecule has 0 spiro atoms. The third-order valence-electron chi connectivity index (χ3n) is 2.70. The first-order chi connectivity index (χ1) is 8.76. The predicted molar refractivity (Wildman–Crippen MR) is 67.5 cm³/mol. The third kappa shape index (κ3) is 2.32. The molecule has 0 fully saturated rings. The number of aromatic nitrogens is 3. The van der Waals surface area contributed by atoms with Crippen molar-refractivity contribution in [1.29, 1.82) is 0 Å². The molecule has 0 bridgehead atoms. The van der Waals surface area contributed by atoms with Crippen molar-refractivity contribution in [1.82, 2.24) is 14.5 Å². The first kappa shape index (κ1) is 12.1. The molecule has 0 amide bonds. The Kier molecular flexibility index (Phi) is 3.57. The Balaban J connectivity index is 2.35. The number of rotatable bonds is 4. The summed E-state index contributed by atoms with van der Waals surface area (Å²) in [5, 5.41) is 11.7. The van der Waals surface area contributed by atoms with E-state index < -0.39 is 0 Å². The standard InChI is InChI=1S/C12H15N5O/c1-2-10-14-6-7-17(10)8-9-4-3-5-15-11(9)12(13)16-18/h3-7,18H,2,8H2,1H3,(H2,13,16). The summed E-state index contributed by atoms with van der Waals surface area (Å²) in [5.41, 5.74) is 6.99. The maximum atomic E-state index is 8.74. The summed E-state index contributed by atoms with van der Waals surface area (Å²) in [4.78, 5) is 8.39. The summed E-state index contributed by atoms with van der Waals surface area (Å²) in [6.07, 6.45) is 6.14. The lowest BCUT2D eigenvalue weighted by molar-refractivity contribution is 0.318. The average molecular weight is 245 g/mol. The van der Waals surface area contributed by atoms with Gasteiger partial charge >= 0.3 is 0 Å². The Morgan fingerprint density at radius 3 is 3.00 bits per heavy atom. The Morgan fingerprint density at radius 1 is 1.44 bits per heavy atom. The van der Waals surface area contributed by atoms with Crippen LogP contribution in [0.4, 0.5) is 0 Å². The molecule has 18 heavy (non-hydrogen) atoms. The van der Waals surface area contributed by atoms with Crippen LogP contribution in [-0.2, 0) is 13.0 Å². The van der Waals surface area contributed by atoms with Crippen molar-refractivity contribution in [2.75, 3.05) is 0 Å². The SMILES string of the molecule is CCc1nccn1Cc1cccnc1/C(N)=N/O. The zero-order valence-corrected chi connectivity index (χ0v) is 10.1. The molecule has 0 unspecified atom stereocenters. The summed E-state index contributed by atoms with van der Waals surface area (Å²) >= 11 is 0. The van der Waals surface area contributed by atoms with Gasteiger partial charge in [-0.05, 0) is 6.07 Å². The van der Waals surface area contributed by atoms with Crippen molar-refractivity contribution in [2.45, 2.75) is 19.9 Å². The number of pyridine rings is 1. The van der Waals surface area contributed by atoms with E-state index in [9.17, 15) is 0 Å². The van der Waals surface area contributed by atoms with Gasteiger partial charge in [0.05, 0.1) is 6.54 Å². The third-order valence-corrected chi connectivity index (χ3v) is 2.70. The molecule has 2 aromatic rings. The second kappa shape index (κ2) is 5.31. The molecular formula is C12H15N5O. The summed E-state index contributed by atoms with van der Waals surface area (Å²) in [6.45, 7) is 2.65. The largest absolute Gasteiger partial charge is 0.409 e. The summed E-state index contributed by atoms with van der Waals surface area (Å²) in [7, 11) is 0. The molecule has 2 rings (SSSR count). The van der Waals surface area contributed by atoms with Gasteiger partial charge in [0.2, 0.25) is 0 Å². The quantitative estimate of drug-likeness (QED) is 0.364. The molecule has 94 valence electrons. The first-order valence-electron chi connectivity index (χ1n) is 5.68. The molecule has 0 aromatic carbocycles. The molecule has 0 radical (unpaired) electrons. The Hall–Kier alpha value is -2.37. The minimum Gasteiger partial charge on any atom is -0.409 e. The van der Waals surface area contributed by atoms with Crippen LogP contribution in [0.25, 0.3) is 0 Å². The van der Waals surface area contributed by atoms with Crippen molar-refractivity contribution < 1.29 is 5.21 Å². The van der Waals surface area contributed by atoms with E-state index in [4.69, 9.17) is 10.9 Å². The number of oxime groups is 1. The highest BCUT2D eigenvalue weighted by atomic mass is 16.4. The second-order valence-corrected chi connectivity index (χ2v) is 3.82. The van der Waals surface area contributed by atoms with Gasteiger partial charge in [-0.25, -0.2) is 4.98 Å². The van der Waals surface area contributed by atoms with Crippen LogP contribution in [0.2, 0.25) is 0 Å². The summed E-state index contributed by atoms with van der Waals surface area (Å²) < 4.78 is 2.02. The van der Waals surface area contributed by atoms with E-state index in [1.807, 2.05) is 29.8 Å². The van der Waals surface area contributed by atoms with E-state index in [0.29, 0.717) is 12.2 Å².